The van der Waals surface area contributed by atoms with Gasteiger partial charge in [-0.15, -0.1) is 0 Å². The molecule has 0 unspecified atom stereocenters. The second-order valence-corrected chi connectivity index (χ2v) is 2.81. The fourth-order valence-electron chi connectivity index (χ4n) is 1.42. The molecule has 64 valence electrons. The predicted molar refractivity (Wildman–Crippen MR) is 51.7 cm³/mol. The standard InChI is InChI=1S/C9H8N4/c1-13-8-5-3-2-4-7(8)6-9(13)11-12-10/h2-6H,1H3. The van der Waals surface area contributed by atoms with Crippen LogP contribution in [-0.2, 0) is 7.05 Å². The van der Waals surface area contributed by atoms with Gasteiger partial charge in [0.2, 0.25) is 0 Å². The monoisotopic (exact) mass is 172 g/mol. The lowest BCUT2D eigenvalue weighted by Crippen LogP contribution is -1.84. The third kappa shape index (κ3) is 1.13. The van der Waals surface area contributed by atoms with Crippen molar-refractivity contribution < 1.29 is 0 Å². The zero-order valence-electron chi connectivity index (χ0n) is 7.18. The molecule has 2 rings (SSSR count). The summed E-state index contributed by atoms with van der Waals surface area (Å²) in [4.78, 5) is 2.77. The van der Waals surface area contributed by atoms with Gasteiger partial charge in [-0.25, -0.2) is 0 Å². The van der Waals surface area contributed by atoms with Crippen molar-refractivity contribution in [1.82, 2.24) is 4.57 Å². The van der Waals surface area contributed by atoms with Crippen LogP contribution < -0.4 is 0 Å². The Morgan fingerprint density at radius 1 is 1.38 bits per heavy atom. The van der Waals surface area contributed by atoms with Gasteiger partial charge >= 0.3 is 0 Å². The lowest BCUT2D eigenvalue weighted by molar-refractivity contribution is 0.961. The van der Waals surface area contributed by atoms with E-state index in [-0.39, 0.29) is 0 Å². The number of aromatic nitrogens is 1. The number of benzene rings is 1. The summed E-state index contributed by atoms with van der Waals surface area (Å²) in [7, 11) is 1.88. The summed E-state index contributed by atoms with van der Waals surface area (Å²) in [5.41, 5.74) is 9.39. The molecular weight excluding hydrogens is 164 g/mol. The van der Waals surface area contributed by atoms with Gasteiger partial charge in [0.15, 0.2) is 0 Å². The normalized spacial score (nSPS) is 9.92. The number of azide groups is 1. The van der Waals surface area contributed by atoms with E-state index in [0.29, 0.717) is 5.82 Å². The third-order valence-electron chi connectivity index (χ3n) is 2.07. The first kappa shape index (κ1) is 7.71. The van der Waals surface area contributed by atoms with Crippen LogP contribution >= 0.6 is 0 Å². The summed E-state index contributed by atoms with van der Waals surface area (Å²) in [6.45, 7) is 0. The zero-order chi connectivity index (χ0) is 9.26. The minimum absolute atomic E-state index is 0.642. The highest BCUT2D eigenvalue weighted by atomic mass is 15.2. The van der Waals surface area contributed by atoms with Crippen LogP contribution in [0.5, 0.6) is 0 Å². The lowest BCUT2D eigenvalue weighted by Gasteiger charge is -1.96. The van der Waals surface area contributed by atoms with Gasteiger partial charge in [0.25, 0.3) is 0 Å². The molecule has 0 radical (unpaired) electrons. The topological polar surface area (TPSA) is 53.7 Å². The SMILES string of the molecule is Cn1c(N=[N+]=[N-])cc2ccccc21. The molecule has 0 saturated heterocycles. The number of para-hydroxylation sites is 1. The van der Waals surface area contributed by atoms with Crippen LogP contribution in [0.15, 0.2) is 35.4 Å². The number of aryl methyl sites for hydroxylation is 1. The van der Waals surface area contributed by atoms with Crippen molar-refractivity contribution in [3.63, 3.8) is 0 Å². The van der Waals surface area contributed by atoms with Gasteiger partial charge in [0.1, 0.15) is 5.82 Å². The van der Waals surface area contributed by atoms with Crippen molar-refractivity contribution in [3.05, 3.63) is 40.8 Å². The second-order valence-electron chi connectivity index (χ2n) is 2.81. The Morgan fingerprint density at radius 2 is 2.15 bits per heavy atom. The largest absolute Gasteiger partial charge is 0.342 e. The highest BCUT2D eigenvalue weighted by Gasteiger charge is 2.01. The number of nitrogens with zero attached hydrogens (tertiary/aromatic N) is 4. The summed E-state index contributed by atoms with van der Waals surface area (Å²) < 4.78 is 1.87. The van der Waals surface area contributed by atoms with Crippen molar-refractivity contribution in [3.8, 4) is 0 Å². The molecule has 1 aromatic carbocycles. The molecule has 0 N–H and O–H groups in total. The van der Waals surface area contributed by atoms with Crippen LogP contribution in [0.1, 0.15) is 0 Å². The molecule has 1 aromatic heterocycles. The van der Waals surface area contributed by atoms with E-state index in [0.717, 1.165) is 10.9 Å². The van der Waals surface area contributed by atoms with Gasteiger partial charge in [-0.05, 0) is 22.8 Å². The predicted octanol–water partition coefficient (Wildman–Crippen LogP) is 3.12. The molecule has 0 bridgehead atoms. The van der Waals surface area contributed by atoms with E-state index in [1.54, 1.807) is 0 Å². The minimum atomic E-state index is 0.642. The molecule has 0 fully saturated rings. The first-order valence-corrected chi connectivity index (χ1v) is 3.92. The molecule has 0 amide bonds. The number of hydrogen-bond acceptors (Lipinski definition) is 1. The van der Waals surface area contributed by atoms with Crippen LogP contribution in [0.25, 0.3) is 21.3 Å². The number of fused-ring (bicyclic) bond motifs is 1. The molecule has 13 heavy (non-hydrogen) atoms. The number of rotatable bonds is 1. The molecule has 0 aliphatic rings. The summed E-state index contributed by atoms with van der Waals surface area (Å²) in [6, 6.07) is 9.77. The molecular formula is C9H8N4. The Hall–Kier alpha value is -1.93. The quantitative estimate of drug-likeness (QED) is 0.360. The van der Waals surface area contributed by atoms with E-state index in [9.17, 15) is 0 Å². The fourth-order valence-corrected chi connectivity index (χ4v) is 1.42. The average molecular weight is 172 g/mol. The molecule has 0 atom stereocenters. The Kier molecular flexibility index (Phi) is 1.69. The number of hydrogen-bond donors (Lipinski definition) is 0. The maximum absolute atomic E-state index is 8.31. The summed E-state index contributed by atoms with van der Waals surface area (Å²) in [6.07, 6.45) is 0. The Balaban J connectivity index is 2.80. The first-order valence-electron chi connectivity index (χ1n) is 3.92. The first-order chi connectivity index (χ1) is 6.33. The molecule has 1 heterocycles. The Morgan fingerprint density at radius 3 is 2.85 bits per heavy atom. The van der Waals surface area contributed by atoms with E-state index < -0.39 is 0 Å². The Labute approximate surface area is 75.0 Å². The molecule has 4 heteroatoms. The van der Waals surface area contributed by atoms with E-state index in [4.69, 9.17) is 5.53 Å². The molecule has 4 nitrogen and oxygen atoms in total. The highest BCUT2D eigenvalue weighted by Crippen LogP contribution is 2.23. The van der Waals surface area contributed by atoms with Crippen LogP contribution in [0, 0.1) is 0 Å². The summed E-state index contributed by atoms with van der Waals surface area (Å²) in [5, 5.41) is 4.68. The summed E-state index contributed by atoms with van der Waals surface area (Å²) >= 11 is 0. The lowest BCUT2D eigenvalue weighted by atomic mass is 10.2. The van der Waals surface area contributed by atoms with Crippen LogP contribution in [0.3, 0.4) is 0 Å². The highest BCUT2D eigenvalue weighted by molar-refractivity contribution is 5.84. The summed E-state index contributed by atoms with van der Waals surface area (Å²) in [5.74, 6) is 0.642. The van der Waals surface area contributed by atoms with Gasteiger partial charge in [0.05, 0.1) is 0 Å². The van der Waals surface area contributed by atoms with Crippen LogP contribution in [-0.4, -0.2) is 4.57 Å². The van der Waals surface area contributed by atoms with E-state index in [1.807, 2.05) is 41.9 Å². The van der Waals surface area contributed by atoms with Gasteiger partial charge < -0.3 is 4.57 Å². The Bertz CT molecular complexity index is 491. The van der Waals surface area contributed by atoms with Crippen molar-refractivity contribution in [2.45, 2.75) is 0 Å². The molecule has 0 aliphatic heterocycles. The average Bonchev–Trinajstić information content (AvgIpc) is 2.46. The second kappa shape index (κ2) is 2.84. The van der Waals surface area contributed by atoms with Crippen LogP contribution in [0.4, 0.5) is 5.82 Å². The van der Waals surface area contributed by atoms with Gasteiger partial charge in [-0.1, -0.05) is 18.2 Å². The van der Waals surface area contributed by atoms with Gasteiger partial charge in [-0.2, -0.15) is 0 Å². The zero-order valence-corrected chi connectivity index (χ0v) is 7.18. The van der Waals surface area contributed by atoms with Crippen molar-refractivity contribution in [1.29, 1.82) is 0 Å². The minimum Gasteiger partial charge on any atom is -0.342 e. The van der Waals surface area contributed by atoms with Crippen molar-refractivity contribution >= 4 is 16.7 Å². The maximum atomic E-state index is 8.31. The maximum Gasteiger partial charge on any atom is 0.105 e. The van der Waals surface area contributed by atoms with Crippen LogP contribution in [0.2, 0.25) is 0 Å². The fraction of sp³-hybridized carbons (Fsp3) is 0.111. The van der Waals surface area contributed by atoms with E-state index in [1.165, 1.54) is 0 Å². The van der Waals surface area contributed by atoms with E-state index in [2.05, 4.69) is 10.0 Å². The van der Waals surface area contributed by atoms with Gasteiger partial charge in [-0.3, -0.25) is 0 Å². The van der Waals surface area contributed by atoms with E-state index >= 15 is 0 Å². The molecule has 0 aliphatic carbocycles. The third-order valence-corrected chi connectivity index (χ3v) is 2.07. The van der Waals surface area contributed by atoms with Crippen molar-refractivity contribution in [2.24, 2.45) is 12.2 Å². The smallest absolute Gasteiger partial charge is 0.105 e. The molecule has 2 aromatic rings. The molecule has 0 spiro atoms. The van der Waals surface area contributed by atoms with Gasteiger partial charge in [0, 0.05) is 22.9 Å². The van der Waals surface area contributed by atoms with Crippen molar-refractivity contribution in [2.75, 3.05) is 0 Å². The molecule has 0 saturated carbocycles.